The second-order valence-electron chi connectivity index (χ2n) is 12.8. The summed E-state index contributed by atoms with van der Waals surface area (Å²) < 4.78 is 5.12. The predicted octanol–water partition coefficient (Wildman–Crippen LogP) is 11.1. The molecule has 1 aliphatic rings. The highest BCUT2D eigenvalue weighted by atomic mass is 15.0. The SMILES string of the molecule is c1ccc2c(c1)-c1ccccc1C2(CCCn1c2ccccc2c2ccccc21)CCCn1c2ccccc2c2ccccc21. The van der Waals surface area contributed by atoms with Crippen molar-refractivity contribution >= 4 is 43.6 Å². The molecule has 0 bridgehead atoms. The van der Waals surface area contributed by atoms with Gasteiger partial charge in [-0.2, -0.15) is 0 Å². The summed E-state index contributed by atoms with van der Waals surface area (Å²) in [6.07, 6.45) is 4.46. The molecule has 0 N–H and O–H groups in total. The second-order valence-corrected chi connectivity index (χ2v) is 12.8. The van der Waals surface area contributed by atoms with E-state index in [1.165, 1.54) is 65.9 Å². The van der Waals surface area contributed by atoms with Gasteiger partial charge in [-0.25, -0.2) is 0 Å². The molecule has 0 fully saturated rings. The van der Waals surface area contributed by atoms with E-state index in [0.717, 1.165) is 38.8 Å². The number of hydrogen-bond donors (Lipinski definition) is 0. The molecule has 0 atom stereocenters. The lowest BCUT2D eigenvalue weighted by molar-refractivity contribution is 0.397. The van der Waals surface area contributed by atoms with Crippen LogP contribution in [0.25, 0.3) is 54.7 Å². The van der Waals surface area contributed by atoms with Gasteiger partial charge in [0.1, 0.15) is 0 Å². The van der Waals surface area contributed by atoms with Gasteiger partial charge in [-0.05, 0) is 72.2 Å². The summed E-state index contributed by atoms with van der Waals surface area (Å²) in [4.78, 5) is 0. The molecule has 0 aliphatic heterocycles. The molecule has 45 heavy (non-hydrogen) atoms. The minimum Gasteiger partial charge on any atom is -0.340 e. The molecule has 0 unspecified atom stereocenters. The standard InChI is InChI=1S/C43H36N2/c1-7-21-37-31(15-1)32-16-2-8-22-38(32)43(37,27-13-29-44-39-23-9-3-17-33(39)34-18-4-10-24-40(34)44)28-14-30-45-41-25-11-5-19-35(41)36-20-6-12-26-42(36)45/h1-12,15-26H,13-14,27-30H2. The molecule has 6 aromatic carbocycles. The number of hydrogen-bond acceptors (Lipinski definition) is 0. The zero-order valence-electron chi connectivity index (χ0n) is 25.5. The van der Waals surface area contributed by atoms with Gasteiger partial charge in [0.2, 0.25) is 0 Å². The number of nitrogens with zero attached hydrogens (tertiary/aromatic N) is 2. The number of rotatable bonds is 8. The van der Waals surface area contributed by atoms with Gasteiger partial charge in [-0.15, -0.1) is 0 Å². The van der Waals surface area contributed by atoms with Crippen LogP contribution in [0.5, 0.6) is 0 Å². The Balaban J connectivity index is 1.09. The van der Waals surface area contributed by atoms with Crippen LogP contribution in [-0.2, 0) is 18.5 Å². The van der Waals surface area contributed by atoms with E-state index in [4.69, 9.17) is 0 Å². The smallest absolute Gasteiger partial charge is 0.0491 e. The van der Waals surface area contributed by atoms with Crippen LogP contribution in [0.4, 0.5) is 0 Å². The molecule has 0 radical (unpaired) electrons. The van der Waals surface area contributed by atoms with Crippen LogP contribution in [0, 0.1) is 0 Å². The summed E-state index contributed by atoms with van der Waals surface area (Å²) in [5, 5.41) is 5.41. The van der Waals surface area contributed by atoms with Crippen LogP contribution < -0.4 is 0 Å². The zero-order valence-corrected chi connectivity index (χ0v) is 25.5. The Labute approximate surface area is 264 Å². The molecule has 2 heteroatoms. The highest BCUT2D eigenvalue weighted by Crippen LogP contribution is 2.54. The Kier molecular flexibility index (Phi) is 6.16. The van der Waals surface area contributed by atoms with E-state index in [0.29, 0.717) is 0 Å². The third kappa shape index (κ3) is 4.02. The third-order valence-electron chi connectivity index (χ3n) is 10.5. The largest absolute Gasteiger partial charge is 0.340 e. The molecule has 218 valence electrons. The van der Waals surface area contributed by atoms with Crippen LogP contribution in [0.1, 0.15) is 36.8 Å². The average molecular weight is 581 g/mol. The molecule has 2 heterocycles. The highest BCUT2D eigenvalue weighted by molar-refractivity contribution is 6.08. The highest BCUT2D eigenvalue weighted by Gasteiger charge is 2.42. The first-order valence-corrected chi connectivity index (χ1v) is 16.4. The van der Waals surface area contributed by atoms with Gasteiger partial charge in [0.05, 0.1) is 0 Å². The van der Waals surface area contributed by atoms with Crippen molar-refractivity contribution in [3.8, 4) is 11.1 Å². The van der Waals surface area contributed by atoms with Crippen molar-refractivity contribution in [2.75, 3.05) is 0 Å². The van der Waals surface area contributed by atoms with E-state index in [-0.39, 0.29) is 5.41 Å². The van der Waals surface area contributed by atoms with E-state index in [1.807, 2.05) is 0 Å². The van der Waals surface area contributed by atoms with Crippen LogP contribution in [-0.4, -0.2) is 9.13 Å². The predicted molar refractivity (Wildman–Crippen MR) is 190 cm³/mol. The van der Waals surface area contributed by atoms with Crippen LogP contribution in [0.15, 0.2) is 146 Å². The molecule has 2 aromatic heterocycles. The third-order valence-corrected chi connectivity index (χ3v) is 10.5. The van der Waals surface area contributed by atoms with Crippen molar-refractivity contribution in [3.05, 3.63) is 157 Å². The number of aryl methyl sites for hydroxylation is 2. The first-order valence-electron chi connectivity index (χ1n) is 16.4. The monoisotopic (exact) mass is 580 g/mol. The summed E-state index contributed by atoms with van der Waals surface area (Å²) >= 11 is 0. The van der Waals surface area contributed by atoms with E-state index in [1.54, 1.807) is 0 Å². The second kappa shape index (κ2) is 10.5. The fraction of sp³-hybridized carbons (Fsp3) is 0.163. The first-order chi connectivity index (χ1) is 22.3. The fourth-order valence-corrected chi connectivity index (χ4v) is 8.65. The van der Waals surface area contributed by atoms with Crippen LogP contribution in [0.2, 0.25) is 0 Å². The van der Waals surface area contributed by atoms with Crippen LogP contribution in [0.3, 0.4) is 0 Å². The molecular formula is C43H36N2. The lowest BCUT2D eigenvalue weighted by Gasteiger charge is -2.33. The van der Waals surface area contributed by atoms with E-state index >= 15 is 0 Å². The Morgan fingerprint density at radius 3 is 1.04 bits per heavy atom. The van der Waals surface area contributed by atoms with Crippen molar-refractivity contribution in [1.82, 2.24) is 9.13 Å². The number of fused-ring (bicyclic) bond motifs is 9. The lowest BCUT2D eigenvalue weighted by atomic mass is 9.71. The topological polar surface area (TPSA) is 9.86 Å². The molecular weight excluding hydrogens is 544 g/mol. The Morgan fingerprint density at radius 2 is 0.667 bits per heavy atom. The minimum absolute atomic E-state index is 0.00922. The molecule has 0 amide bonds. The van der Waals surface area contributed by atoms with Gasteiger partial charge >= 0.3 is 0 Å². The van der Waals surface area contributed by atoms with Crippen molar-refractivity contribution in [2.45, 2.75) is 44.2 Å². The molecule has 0 saturated heterocycles. The summed E-state index contributed by atoms with van der Waals surface area (Å²) in [6, 6.07) is 54.0. The summed E-state index contributed by atoms with van der Waals surface area (Å²) in [6.45, 7) is 2.01. The van der Waals surface area contributed by atoms with Gasteiger partial charge in [0.15, 0.2) is 0 Å². The number of benzene rings is 6. The summed E-state index contributed by atoms with van der Waals surface area (Å²) in [7, 11) is 0. The molecule has 9 rings (SSSR count). The molecule has 2 nitrogen and oxygen atoms in total. The van der Waals surface area contributed by atoms with Crippen molar-refractivity contribution < 1.29 is 0 Å². The fourth-order valence-electron chi connectivity index (χ4n) is 8.65. The maximum Gasteiger partial charge on any atom is 0.0491 e. The van der Waals surface area contributed by atoms with Gasteiger partial charge in [-0.1, -0.05) is 121 Å². The Morgan fingerprint density at radius 1 is 0.356 bits per heavy atom. The molecule has 0 saturated carbocycles. The van der Waals surface area contributed by atoms with Gasteiger partial charge in [-0.3, -0.25) is 0 Å². The summed E-state index contributed by atoms with van der Waals surface area (Å²) in [5.41, 5.74) is 11.2. The molecule has 1 aliphatic carbocycles. The first kappa shape index (κ1) is 26.3. The average Bonchev–Trinajstić information content (AvgIpc) is 3.70. The van der Waals surface area contributed by atoms with Crippen molar-refractivity contribution in [3.63, 3.8) is 0 Å². The van der Waals surface area contributed by atoms with Crippen molar-refractivity contribution in [2.24, 2.45) is 0 Å². The Bertz CT molecular complexity index is 2080. The van der Waals surface area contributed by atoms with E-state index < -0.39 is 0 Å². The molecule has 0 spiro atoms. The molecule has 8 aromatic rings. The normalized spacial score (nSPS) is 13.6. The number of aromatic nitrogens is 2. The minimum atomic E-state index is -0.00922. The zero-order chi connectivity index (χ0) is 29.8. The van der Waals surface area contributed by atoms with Gasteiger partial charge in [0.25, 0.3) is 0 Å². The lowest BCUT2D eigenvalue weighted by Crippen LogP contribution is -2.26. The van der Waals surface area contributed by atoms with Crippen LogP contribution >= 0.6 is 0 Å². The van der Waals surface area contributed by atoms with Gasteiger partial charge in [0, 0.05) is 62.1 Å². The van der Waals surface area contributed by atoms with Crippen molar-refractivity contribution in [1.29, 1.82) is 0 Å². The quantitative estimate of drug-likeness (QED) is 0.169. The maximum absolute atomic E-state index is 2.56. The maximum atomic E-state index is 2.56. The Hall–Kier alpha value is -5.08. The number of para-hydroxylation sites is 4. The van der Waals surface area contributed by atoms with E-state index in [2.05, 4.69) is 155 Å². The van der Waals surface area contributed by atoms with E-state index in [9.17, 15) is 0 Å². The summed E-state index contributed by atoms with van der Waals surface area (Å²) in [5.74, 6) is 0. The van der Waals surface area contributed by atoms with Gasteiger partial charge < -0.3 is 9.13 Å².